The molecule has 2 unspecified atom stereocenters. The van der Waals surface area contributed by atoms with E-state index in [1.54, 1.807) is 12.1 Å². The molecule has 4 nitrogen and oxygen atoms in total. The highest BCUT2D eigenvalue weighted by molar-refractivity contribution is 7.90. The molecule has 5 heteroatoms. The molecule has 1 rings (SSSR count). The Morgan fingerprint density at radius 2 is 1.71 bits per heavy atom. The number of rotatable bonds is 6. The SMILES string of the molecule is CC(NC(CO)CC(C)(C)C)c1ccc(S(C)(=O)=O)cc1. The lowest BCUT2D eigenvalue weighted by atomic mass is 9.88. The quantitative estimate of drug-likeness (QED) is 0.847. The molecule has 0 saturated carbocycles. The Morgan fingerprint density at radius 3 is 2.10 bits per heavy atom. The summed E-state index contributed by atoms with van der Waals surface area (Å²) in [6, 6.07) is 6.97. The lowest BCUT2D eigenvalue weighted by Crippen LogP contribution is -2.37. The van der Waals surface area contributed by atoms with E-state index in [-0.39, 0.29) is 24.1 Å². The summed E-state index contributed by atoms with van der Waals surface area (Å²) >= 11 is 0. The number of hydrogen-bond donors (Lipinski definition) is 2. The van der Waals surface area contributed by atoms with E-state index in [4.69, 9.17) is 0 Å². The van der Waals surface area contributed by atoms with E-state index in [1.165, 1.54) is 6.26 Å². The summed E-state index contributed by atoms with van der Waals surface area (Å²) in [7, 11) is -3.16. The predicted octanol–water partition coefficient (Wildman–Crippen LogP) is 2.54. The van der Waals surface area contributed by atoms with Crippen molar-refractivity contribution in [3.8, 4) is 0 Å². The number of sulfone groups is 1. The van der Waals surface area contributed by atoms with Gasteiger partial charge in [-0.25, -0.2) is 8.42 Å². The van der Waals surface area contributed by atoms with Crippen LogP contribution in [0.4, 0.5) is 0 Å². The molecule has 0 amide bonds. The fourth-order valence-electron chi connectivity index (χ4n) is 2.37. The normalized spacial score (nSPS) is 15.7. The van der Waals surface area contributed by atoms with Gasteiger partial charge in [0, 0.05) is 18.3 Å². The Morgan fingerprint density at radius 1 is 1.19 bits per heavy atom. The second-order valence-electron chi connectivity index (χ2n) is 6.87. The molecule has 0 spiro atoms. The first-order chi connectivity index (χ1) is 9.53. The molecule has 0 saturated heterocycles. The Kier molecular flexibility index (Phi) is 5.96. The summed E-state index contributed by atoms with van der Waals surface area (Å²) in [6.45, 7) is 8.53. The largest absolute Gasteiger partial charge is 0.395 e. The maximum Gasteiger partial charge on any atom is 0.175 e. The van der Waals surface area contributed by atoms with E-state index in [0.717, 1.165) is 12.0 Å². The van der Waals surface area contributed by atoms with Gasteiger partial charge in [0.2, 0.25) is 0 Å². The highest BCUT2D eigenvalue weighted by atomic mass is 32.2. The topological polar surface area (TPSA) is 66.4 Å². The monoisotopic (exact) mass is 313 g/mol. The average molecular weight is 313 g/mol. The predicted molar refractivity (Wildman–Crippen MR) is 86.0 cm³/mol. The molecule has 0 heterocycles. The lowest BCUT2D eigenvalue weighted by molar-refractivity contribution is 0.190. The van der Waals surface area contributed by atoms with Gasteiger partial charge in [-0.1, -0.05) is 32.9 Å². The number of aliphatic hydroxyl groups excluding tert-OH is 1. The van der Waals surface area contributed by atoms with Crippen LogP contribution < -0.4 is 5.32 Å². The average Bonchev–Trinajstić information content (AvgIpc) is 2.35. The molecule has 21 heavy (non-hydrogen) atoms. The molecule has 1 aromatic carbocycles. The smallest absolute Gasteiger partial charge is 0.175 e. The van der Waals surface area contributed by atoms with E-state index in [1.807, 2.05) is 19.1 Å². The second-order valence-corrected chi connectivity index (χ2v) is 8.89. The van der Waals surface area contributed by atoms with E-state index in [2.05, 4.69) is 26.1 Å². The van der Waals surface area contributed by atoms with Crippen LogP contribution >= 0.6 is 0 Å². The maximum atomic E-state index is 11.4. The van der Waals surface area contributed by atoms with Crippen molar-refractivity contribution in [1.29, 1.82) is 0 Å². The van der Waals surface area contributed by atoms with E-state index in [9.17, 15) is 13.5 Å². The first-order valence-electron chi connectivity index (χ1n) is 7.20. The van der Waals surface area contributed by atoms with Crippen molar-refractivity contribution in [3.05, 3.63) is 29.8 Å². The zero-order valence-corrected chi connectivity index (χ0v) is 14.4. The third kappa shape index (κ3) is 6.16. The third-order valence-corrected chi connectivity index (χ3v) is 4.50. The van der Waals surface area contributed by atoms with Crippen LogP contribution in [-0.4, -0.2) is 32.4 Å². The van der Waals surface area contributed by atoms with Gasteiger partial charge in [0.15, 0.2) is 9.84 Å². The van der Waals surface area contributed by atoms with Crippen LogP contribution in [0.3, 0.4) is 0 Å². The van der Waals surface area contributed by atoms with Crippen LogP contribution in [-0.2, 0) is 9.84 Å². The van der Waals surface area contributed by atoms with Crippen molar-refractivity contribution in [2.75, 3.05) is 12.9 Å². The number of nitrogens with one attached hydrogen (secondary N) is 1. The van der Waals surface area contributed by atoms with Crippen molar-refractivity contribution in [1.82, 2.24) is 5.32 Å². The summed E-state index contributed by atoms with van der Waals surface area (Å²) in [6.07, 6.45) is 2.07. The van der Waals surface area contributed by atoms with Crippen LogP contribution in [0, 0.1) is 5.41 Å². The van der Waals surface area contributed by atoms with Gasteiger partial charge in [0.25, 0.3) is 0 Å². The van der Waals surface area contributed by atoms with Crippen LogP contribution in [0.5, 0.6) is 0 Å². The molecule has 120 valence electrons. The first kappa shape index (κ1) is 18.1. The van der Waals surface area contributed by atoms with Crippen molar-refractivity contribution in [2.24, 2.45) is 5.41 Å². The highest BCUT2D eigenvalue weighted by Gasteiger charge is 2.20. The van der Waals surface area contributed by atoms with Gasteiger partial charge in [-0.3, -0.25) is 0 Å². The van der Waals surface area contributed by atoms with Crippen molar-refractivity contribution >= 4 is 9.84 Å². The number of benzene rings is 1. The molecule has 0 bridgehead atoms. The highest BCUT2D eigenvalue weighted by Crippen LogP contribution is 2.23. The molecular formula is C16H27NO3S. The second kappa shape index (κ2) is 6.90. The van der Waals surface area contributed by atoms with Crippen LogP contribution in [0.15, 0.2) is 29.2 Å². The van der Waals surface area contributed by atoms with Crippen molar-refractivity contribution in [2.45, 2.75) is 51.1 Å². The fourth-order valence-corrected chi connectivity index (χ4v) is 3.00. The Bertz CT molecular complexity index is 544. The molecule has 1 aromatic rings. The Labute approximate surface area is 128 Å². The first-order valence-corrected chi connectivity index (χ1v) is 9.09. The molecule has 0 aliphatic carbocycles. The number of aliphatic hydroxyl groups is 1. The molecule has 0 aromatic heterocycles. The maximum absolute atomic E-state index is 11.4. The van der Waals surface area contributed by atoms with Gasteiger partial charge < -0.3 is 10.4 Å². The van der Waals surface area contributed by atoms with Crippen LogP contribution in [0.2, 0.25) is 0 Å². The van der Waals surface area contributed by atoms with Gasteiger partial charge in [-0.15, -0.1) is 0 Å². The van der Waals surface area contributed by atoms with Crippen molar-refractivity contribution in [3.63, 3.8) is 0 Å². The van der Waals surface area contributed by atoms with Gasteiger partial charge >= 0.3 is 0 Å². The summed E-state index contributed by atoms with van der Waals surface area (Å²) in [5.74, 6) is 0. The molecule has 0 aliphatic heterocycles. The van der Waals surface area contributed by atoms with E-state index < -0.39 is 9.84 Å². The van der Waals surface area contributed by atoms with Crippen LogP contribution in [0.25, 0.3) is 0 Å². The molecule has 2 N–H and O–H groups in total. The van der Waals surface area contributed by atoms with E-state index >= 15 is 0 Å². The summed E-state index contributed by atoms with van der Waals surface area (Å²) in [4.78, 5) is 0.326. The fraction of sp³-hybridized carbons (Fsp3) is 0.625. The minimum atomic E-state index is -3.16. The molecule has 2 atom stereocenters. The van der Waals surface area contributed by atoms with Gasteiger partial charge in [-0.2, -0.15) is 0 Å². The molecule has 0 radical (unpaired) electrons. The van der Waals surface area contributed by atoms with Gasteiger partial charge in [-0.05, 0) is 36.5 Å². The van der Waals surface area contributed by atoms with Gasteiger partial charge in [0.05, 0.1) is 11.5 Å². The zero-order chi connectivity index (χ0) is 16.3. The third-order valence-electron chi connectivity index (χ3n) is 3.37. The molecule has 0 aliphatic rings. The summed E-state index contributed by atoms with van der Waals surface area (Å²) in [5.41, 5.74) is 1.15. The lowest BCUT2D eigenvalue weighted by Gasteiger charge is -2.28. The Hall–Kier alpha value is -0.910. The van der Waals surface area contributed by atoms with Crippen LogP contribution in [0.1, 0.15) is 45.7 Å². The van der Waals surface area contributed by atoms with E-state index in [0.29, 0.717) is 4.90 Å². The standard InChI is InChI=1S/C16H27NO3S/c1-12(17-14(11-18)10-16(2,3)4)13-6-8-15(9-7-13)21(5,19)20/h6-9,12,14,17-18H,10-11H2,1-5H3. The molecular weight excluding hydrogens is 286 g/mol. The summed E-state index contributed by atoms with van der Waals surface area (Å²) < 4.78 is 22.9. The zero-order valence-electron chi connectivity index (χ0n) is 13.6. The Balaban J connectivity index is 2.77. The number of hydrogen-bond acceptors (Lipinski definition) is 4. The van der Waals surface area contributed by atoms with Gasteiger partial charge in [0.1, 0.15) is 0 Å². The molecule has 0 fully saturated rings. The summed E-state index contributed by atoms with van der Waals surface area (Å²) in [5, 5.41) is 12.9. The van der Waals surface area contributed by atoms with Crippen molar-refractivity contribution < 1.29 is 13.5 Å². The minimum absolute atomic E-state index is 0.0228. The minimum Gasteiger partial charge on any atom is -0.395 e.